The van der Waals surface area contributed by atoms with Gasteiger partial charge < -0.3 is 21.1 Å². The van der Waals surface area contributed by atoms with Crippen LogP contribution in [-0.2, 0) is 4.79 Å². The Hall–Kier alpha value is -1.30. The molecule has 1 saturated carbocycles. The molecule has 1 atom stereocenters. The predicted molar refractivity (Wildman–Crippen MR) is 70.2 cm³/mol. The second kappa shape index (κ2) is 5.00. The Bertz CT molecular complexity index is 373. The van der Waals surface area contributed by atoms with Crippen LogP contribution in [-0.4, -0.2) is 46.7 Å². The Morgan fingerprint density at radius 3 is 2.42 bits per heavy atom. The SMILES string of the molecule is CC(C)CC(NC(N)=O)C(=O)N1CC(O)(C2CC2)C1. The van der Waals surface area contributed by atoms with Gasteiger partial charge in [0.15, 0.2) is 0 Å². The maximum absolute atomic E-state index is 12.3. The third-order valence-corrected chi connectivity index (χ3v) is 3.90. The molecule has 108 valence electrons. The normalized spacial score (nSPS) is 22.8. The number of nitrogens with two attached hydrogens (primary N) is 1. The quantitative estimate of drug-likeness (QED) is 0.658. The molecule has 3 amide bonds. The summed E-state index contributed by atoms with van der Waals surface area (Å²) in [4.78, 5) is 24.8. The first-order valence-corrected chi connectivity index (χ1v) is 6.89. The molecule has 0 aromatic heterocycles. The van der Waals surface area contributed by atoms with Gasteiger partial charge in [-0.15, -0.1) is 0 Å². The molecule has 1 saturated heterocycles. The lowest BCUT2D eigenvalue weighted by atomic mass is 9.87. The van der Waals surface area contributed by atoms with Gasteiger partial charge in [0.25, 0.3) is 0 Å². The highest BCUT2D eigenvalue weighted by molar-refractivity contribution is 5.87. The number of nitrogens with one attached hydrogen (secondary N) is 1. The number of hydrogen-bond acceptors (Lipinski definition) is 3. The average Bonchev–Trinajstić information content (AvgIpc) is 3.05. The van der Waals surface area contributed by atoms with Crippen LogP contribution < -0.4 is 11.1 Å². The highest BCUT2D eigenvalue weighted by Gasteiger charge is 2.53. The largest absolute Gasteiger partial charge is 0.386 e. The van der Waals surface area contributed by atoms with Gasteiger partial charge in [0, 0.05) is 0 Å². The van der Waals surface area contributed by atoms with Crippen LogP contribution in [0, 0.1) is 11.8 Å². The minimum absolute atomic E-state index is 0.141. The van der Waals surface area contributed by atoms with E-state index in [1.54, 1.807) is 4.90 Å². The molecule has 1 unspecified atom stereocenters. The maximum atomic E-state index is 12.3. The maximum Gasteiger partial charge on any atom is 0.312 e. The summed E-state index contributed by atoms with van der Waals surface area (Å²) in [7, 11) is 0. The van der Waals surface area contributed by atoms with Gasteiger partial charge in [0.2, 0.25) is 5.91 Å². The summed E-state index contributed by atoms with van der Waals surface area (Å²) in [6.45, 7) is 4.73. The fourth-order valence-electron chi connectivity index (χ4n) is 2.73. The number of rotatable bonds is 5. The zero-order valence-electron chi connectivity index (χ0n) is 11.6. The van der Waals surface area contributed by atoms with Crippen molar-refractivity contribution in [2.75, 3.05) is 13.1 Å². The Balaban J connectivity index is 1.90. The summed E-state index contributed by atoms with van der Waals surface area (Å²) >= 11 is 0. The number of amides is 3. The fourth-order valence-corrected chi connectivity index (χ4v) is 2.73. The van der Waals surface area contributed by atoms with E-state index in [1.165, 1.54) is 0 Å². The van der Waals surface area contributed by atoms with E-state index in [-0.39, 0.29) is 11.8 Å². The second-order valence-electron chi connectivity index (χ2n) is 6.26. The van der Waals surface area contributed by atoms with Crippen LogP contribution >= 0.6 is 0 Å². The molecule has 2 fully saturated rings. The van der Waals surface area contributed by atoms with E-state index in [4.69, 9.17) is 5.73 Å². The number of hydrogen-bond donors (Lipinski definition) is 3. The highest BCUT2D eigenvalue weighted by atomic mass is 16.3. The molecular formula is C13H23N3O3. The summed E-state index contributed by atoms with van der Waals surface area (Å²) in [5.41, 5.74) is 4.42. The Morgan fingerprint density at radius 1 is 1.42 bits per heavy atom. The summed E-state index contributed by atoms with van der Waals surface area (Å²) in [6, 6.07) is -1.27. The Labute approximate surface area is 113 Å². The number of primary amides is 1. The van der Waals surface area contributed by atoms with Crippen LogP contribution in [0.5, 0.6) is 0 Å². The summed E-state index contributed by atoms with van der Waals surface area (Å²) in [5, 5.41) is 12.7. The van der Waals surface area contributed by atoms with Crippen molar-refractivity contribution in [2.45, 2.75) is 44.8 Å². The first kappa shape index (κ1) is 14.1. The van der Waals surface area contributed by atoms with Crippen molar-refractivity contribution >= 4 is 11.9 Å². The minimum atomic E-state index is -0.690. The third-order valence-electron chi connectivity index (χ3n) is 3.90. The van der Waals surface area contributed by atoms with Gasteiger partial charge in [-0.05, 0) is 31.1 Å². The molecule has 0 bridgehead atoms. The Kier molecular flexibility index (Phi) is 3.71. The Morgan fingerprint density at radius 2 is 2.00 bits per heavy atom. The van der Waals surface area contributed by atoms with Gasteiger partial charge in [0.05, 0.1) is 13.1 Å². The first-order chi connectivity index (χ1) is 8.82. The van der Waals surface area contributed by atoms with Gasteiger partial charge in [-0.3, -0.25) is 4.79 Å². The molecule has 6 heteroatoms. The van der Waals surface area contributed by atoms with Crippen molar-refractivity contribution in [3.63, 3.8) is 0 Å². The summed E-state index contributed by atoms with van der Waals surface area (Å²) in [5.74, 6) is 0.492. The number of urea groups is 1. The number of carbonyl (C=O) groups is 2. The molecule has 1 aliphatic carbocycles. The van der Waals surface area contributed by atoms with Crippen LogP contribution in [0.1, 0.15) is 33.1 Å². The topological polar surface area (TPSA) is 95.7 Å². The van der Waals surface area contributed by atoms with Crippen LogP contribution in [0.2, 0.25) is 0 Å². The van der Waals surface area contributed by atoms with E-state index in [2.05, 4.69) is 5.32 Å². The molecule has 2 rings (SSSR count). The predicted octanol–water partition coefficient (Wildman–Crippen LogP) is 0.0527. The molecular weight excluding hydrogens is 246 g/mol. The molecule has 6 nitrogen and oxygen atoms in total. The molecule has 19 heavy (non-hydrogen) atoms. The number of aliphatic hydroxyl groups is 1. The zero-order chi connectivity index (χ0) is 14.2. The van der Waals surface area contributed by atoms with Gasteiger partial charge in [0.1, 0.15) is 11.6 Å². The van der Waals surface area contributed by atoms with Crippen LogP contribution in [0.4, 0.5) is 4.79 Å². The van der Waals surface area contributed by atoms with Gasteiger partial charge in [-0.2, -0.15) is 0 Å². The van der Waals surface area contributed by atoms with Crippen LogP contribution in [0.15, 0.2) is 0 Å². The second-order valence-corrected chi connectivity index (χ2v) is 6.26. The molecule has 0 aromatic carbocycles. The molecule has 1 heterocycles. The van der Waals surface area contributed by atoms with E-state index in [0.717, 1.165) is 12.8 Å². The van der Waals surface area contributed by atoms with Crippen LogP contribution in [0.3, 0.4) is 0 Å². The minimum Gasteiger partial charge on any atom is -0.386 e. The monoisotopic (exact) mass is 269 g/mol. The first-order valence-electron chi connectivity index (χ1n) is 6.89. The molecule has 0 aromatic rings. The third kappa shape index (κ3) is 3.18. The molecule has 0 spiro atoms. The number of β-amino-alcohol motifs (C(OH)–C–C–N with tert-alkyl or cyclic N) is 1. The van der Waals surface area contributed by atoms with Crippen molar-refractivity contribution < 1.29 is 14.7 Å². The summed E-state index contributed by atoms with van der Waals surface area (Å²) < 4.78 is 0. The molecule has 0 radical (unpaired) electrons. The van der Waals surface area contributed by atoms with Gasteiger partial charge >= 0.3 is 6.03 Å². The van der Waals surface area contributed by atoms with Crippen molar-refractivity contribution in [1.82, 2.24) is 10.2 Å². The van der Waals surface area contributed by atoms with Crippen molar-refractivity contribution in [1.29, 1.82) is 0 Å². The molecule has 2 aliphatic rings. The molecule has 1 aliphatic heterocycles. The fraction of sp³-hybridized carbons (Fsp3) is 0.846. The lowest BCUT2D eigenvalue weighted by Crippen LogP contribution is -2.67. The van der Waals surface area contributed by atoms with Gasteiger partial charge in [-0.25, -0.2) is 4.79 Å². The van der Waals surface area contributed by atoms with E-state index in [1.807, 2.05) is 13.8 Å². The molecule has 4 N–H and O–H groups in total. The van der Waals surface area contributed by atoms with E-state index in [0.29, 0.717) is 25.4 Å². The number of nitrogens with zero attached hydrogens (tertiary/aromatic N) is 1. The zero-order valence-corrected chi connectivity index (χ0v) is 11.6. The van der Waals surface area contributed by atoms with E-state index in [9.17, 15) is 14.7 Å². The van der Waals surface area contributed by atoms with Crippen molar-refractivity contribution in [3.8, 4) is 0 Å². The number of carbonyl (C=O) groups excluding carboxylic acids is 2. The van der Waals surface area contributed by atoms with Gasteiger partial charge in [-0.1, -0.05) is 13.8 Å². The lowest BCUT2D eigenvalue weighted by Gasteiger charge is -2.48. The van der Waals surface area contributed by atoms with Crippen LogP contribution in [0.25, 0.3) is 0 Å². The smallest absolute Gasteiger partial charge is 0.312 e. The van der Waals surface area contributed by atoms with Crippen molar-refractivity contribution in [3.05, 3.63) is 0 Å². The lowest BCUT2D eigenvalue weighted by molar-refractivity contribution is -0.161. The van der Waals surface area contributed by atoms with E-state index >= 15 is 0 Å². The standard InChI is InChI=1S/C13H23N3O3/c1-8(2)5-10(15-12(14)18)11(17)16-6-13(19,7-16)9-3-4-9/h8-10,19H,3-7H2,1-2H3,(H3,14,15,18). The average molecular weight is 269 g/mol. The summed E-state index contributed by atoms with van der Waals surface area (Å²) in [6.07, 6.45) is 2.65. The van der Waals surface area contributed by atoms with Crippen molar-refractivity contribution in [2.24, 2.45) is 17.6 Å². The number of likely N-dealkylation sites (tertiary alicyclic amines) is 1. The highest BCUT2D eigenvalue weighted by Crippen LogP contribution is 2.44. The van der Waals surface area contributed by atoms with E-state index < -0.39 is 17.7 Å².